The minimum atomic E-state index is -0.130. The number of unbranched alkanes of at least 4 members (excludes halogenated alkanes) is 1. The minimum Gasteiger partial charge on any atom is -0.207 e. The van der Waals surface area contributed by atoms with Crippen molar-refractivity contribution in [2.45, 2.75) is 26.2 Å². The summed E-state index contributed by atoms with van der Waals surface area (Å²) >= 11 is 0. The SMILES string of the molecule is [CH2]CCCc1cc(C)cc(F)c1. The third-order valence-electron chi connectivity index (χ3n) is 1.82. The Balaban J connectivity index is 2.72. The number of benzene rings is 1. The van der Waals surface area contributed by atoms with E-state index in [9.17, 15) is 4.39 Å². The summed E-state index contributed by atoms with van der Waals surface area (Å²) < 4.78 is 12.8. The van der Waals surface area contributed by atoms with Crippen molar-refractivity contribution in [3.63, 3.8) is 0 Å². The molecular formula is C11H14F. The molecule has 65 valence electrons. The van der Waals surface area contributed by atoms with Crippen LogP contribution in [-0.2, 0) is 6.42 Å². The molecule has 0 saturated heterocycles. The van der Waals surface area contributed by atoms with Gasteiger partial charge in [-0.2, -0.15) is 0 Å². The van der Waals surface area contributed by atoms with Crippen LogP contribution in [0.25, 0.3) is 0 Å². The molecular weight excluding hydrogens is 151 g/mol. The molecule has 0 N–H and O–H groups in total. The predicted octanol–water partition coefficient (Wildman–Crippen LogP) is 3.29. The van der Waals surface area contributed by atoms with Crippen LogP contribution in [0, 0.1) is 19.7 Å². The van der Waals surface area contributed by atoms with Crippen LogP contribution in [-0.4, -0.2) is 0 Å². The zero-order valence-corrected chi connectivity index (χ0v) is 7.44. The predicted molar refractivity (Wildman–Crippen MR) is 49.4 cm³/mol. The highest BCUT2D eigenvalue weighted by molar-refractivity contribution is 5.23. The summed E-state index contributed by atoms with van der Waals surface area (Å²) in [5.41, 5.74) is 2.07. The van der Waals surface area contributed by atoms with Crippen molar-refractivity contribution in [3.8, 4) is 0 Å². The molecule has 12 heavy (non-hydrogen) atoms. The smallest absolute Gasteiger partial charge is 0.123 e. The first kappa shape index (κ1) is 9.24. The third kappa shape index (κ3) is 2.65. The van der Waals surface area contributed by atoms with Gasteiger partial charge in [-0.05, 0) is 43.0 Å². The van der Waals surface area contributed by atoms with Crippen molar-refractivity contribution in [3.05, 3.63) is 42.1 Å². The summed E-state index contributed by atoms with van der Waals surface area (Å²) in [5, 5.41) is 0. The summed E-state index contributed by atoms with van der Waals surface area (Å²) in [4.78, 5) is 0. The van der Waals surface area contributed by atoms with Gasteiger partial charge in [0.25, 0.3) is 0 Å². The first-order chi connectivity index (χ1) is 5.72. The van der Waals surface area contributed by atoms with E-state index in [1.165, 1.54) is 0 Å². The highest BCUT2D eigenvalue weighted by Gasteiger charge is 1.96. The molecule has 0 aliphatic rings. The molecule has 0 aliphatic heterocycles. The Hall–Kier alpha value is -0.850. The minimum absolute atomic E-state index is 0.130. The van der Waals surface area contributed by atoms with E-state index in [1.807, 2.05) is 13.0 Å². The quantitative estimate of drug-likeness (QED) is 0.644. The maximum atomic E-state index is 12.8. The van der Waals surface area contributed by atoms with Gasteiger partial charge in [-0.25, -0.2) is 4.39 Å². The van der Waals surface area contributed by atoms with Crippen molar-refractivity contribution >= 4 is 0 Å². The second kappa shape index (κ2) is 4.24. The average Bonchev–Trinajstić information content (AvgIpc) is 1.99. The fraction of sp³-hybridized carbons (Fsp3) is 0.364. The summed E-state index contributed by atoms with van der Waals surface area (Å²) in [6.07, 6.45) is 2.88. The van der Waals surface area contributed by atoms with Gasteiger partial charge in [0, 0.05) is 0 Å². The van der Waals surface area contributed by atoms with Gasteiger partial charge in [-0.15, -0.1) is 0 Å². The Kier molecular flexibility index (Phi) is 3.27. The van der Waals surface area contributed by atoms with Gasteiger partial charge < -0.3 is 0 Å². The van der Waals surface area contributed by atoms with E-state index in [2.05, 4.69) is 6.92 Å². The van der Waals surface area contributed by atoms with Gasteiger partial charge in [0.15, 0.2) is 0 Å². The molecule has 0 saturated carbocycles. The van der Waals surface area contributed by atoms with Crippen LogP contribution in [0.1, 0.15) is 24.0 Å². The molecule has 0 nitrogen and oxygen atoms in total. The van der Waals surface area contributed by atoms with E-state index in [0.29, 0.717) is 0 Å². The monoisotopic (exact) mass is 165 g/mol. The summed E-state index contributed by atoms with van der Waals surface area (Å²) in [6.45, 7) is 5.67. The Bertz CT molecular complexity index is 233. The second-order valence-electron chi connectivity index (χ2n) is 3.09. The van der Waals surface area contributed by atoms with Crippen molar-refractivity contribution in [2.24, 2.45) is 0 Å². The van der Waals surface area contributed by atoms with Crippen LogP contribution < -0.4 is 0 Å². The summed E-state index contributed by atoms with van der Waals surface area (Å²) in [5.74, 6) is -0.130. The van der Waals surface area contributed by atoms with E-state index < -0.39 is 0 Å². The molecule has 0 amide bonds. The number of aryl methyl sites for hydroxylation is 2. The largest absolute Gasteiger partial charge is 0.207 e. The first-order valence-electron chi connectivity index (χ1n) is 4.27. The molecule has 0 heterocycles. The van der Waals surface area contributed by atoms with Crippen LogP contribution >= 0.6 is 0 Å². The molecule has 1 aromatic carbocycles. The molecule has 1 aromatic rings. The molecule has 0 spiro atoms. The molecule has 1 heteroatoms. The number of halogens is 1. The van der Waals surface area contributed by atoms with Crippen molar-refractivity contribution in [1.29, 1.82) is 0 Å². The van der Waals surface area contributed by atoms with E-state index in [0.717, 1.165) is 30.4 Å². The number of hydrogen-bond acceptors (Lipinski definition) is 0. The molecule has 0 bridgehead atoms. The zero-order valence-electron chi connectivity index (χ0n) is 7.44. The average molecular weight is 165 g/mol. The second-order valence-corrected chi connectivity index (χ2v) is 3.09. The number of hydrogen-bond donors (Lipinski definition) is 0. The zero-order chi connectivity index (χ0) is 8.97. The molecule has 0 atom stereocenters. The van der Waals surface area contributed by atoms with Gasteiger partial charge in [-0.1, -0.05) is 19.4 Å². The molecule has 1 rings (SSSR count). The molecule has 0 unspecified atom stereocenters. The normalized spacial score (nSPS) is 10.2. The third-order valence-corrected chi connectivity index (χ3v) is 1.82. The maximum Gasteiger partial charge on any atom is 0.123 e. The van der Waals surface area contributed by atoms with Gasteiger partial charge in [0.05, 0.1) is 0 Å². The standard InChI is InChI=1S/C11H14F/c1-3-4-5-10-6-9(2)7-11(12)8-10/h6-8H,1,3-5H2,2H3. The summed E-state index contributed by atoms with van der Waals surface area (Å²) in [7, 11) is 0. The highest BCUT2D eigenvalue weighted by atomic mass is 19.1. The molecule has 1 radical (unpaired) electrons. The van der Waals surface area contributed by atoms with Crippen molar-refractivity contribution < 1.29 is 4.39 Å². The lowest BCUT2D eigenvalue weighted by Gasteiger charge is -2.01. The Morgan fingerprint density at radius 3 is 2.67 bits per heavy atom. The maximum absolute atomic E-state index is 12.8. The van der Waals surface area contributed by atoms with Crippen LogP contribution in [0.2, 0.25) is 0 Å². The molecule has 0 aliphatic carbocycles. The lowest BCUT2D eigenvalue weighted by Crippen LogP contribution is -1.88. The Labute approximate surface area is 73.4 Å². The topological polar surface area (TPSA) is 0 Å². The van der Waals surface area contributed by atoms with E-state index >= 15 is 0 Å². The lowest BCUT2D eigenvalue weighted by molar-refractivity contribution is 0.623. The Morgan fingerprint density at radius 2 is 2.08 bits per heavy atom. The highest BCUT2D eigenvalue weighted by Crippen LogP contribution is 2.10. The van der Waals surface area contributed by atoms with Gasteiger partial charge in [0.2, 0.25) is 0 Å². The van der Waals surface area contributed by atoms with E-state index in [-0.39, 0.29) is 5.82 Å². The number of rotatable bonds is 3. The first-order valence-corrected chi connectivity index (χ1v) is 4.27. The van der Waals surface area contributed by atoms with Gasteiger partial charge in [0.1, 0.15) is 5.82 Å². The summed E-state index contributed by atoms with van der Waals surface area (Å²) in [6, 6.07) is 5.18. The molecule has 0 fully saturated rings. The van der Waals surface area contributed by atoms with Crippen molar-refractivity contribution in [1.82, 2.24) is 0 Å². The van der Waals surface area contributed by atoms with Crippen molar-refractivity contribution in [2.75, 3.05) is 0 Å². The van der Waals surface area contributed by atoms with Gasteiger partial charge in [-0.3, -0.25) is 0 Å². The van der Waals surface area contributed by atoms with Crippen LogP contribution in [0.3, 0.4) is 0 Å². The molecule has 0 aromatic heterocycles. The lowest BCUT2D eigenvalue weighted by atomic mass is 10.1. The van der Waals surface area contributed by atoms with Crippen LogP contribution in [0.5, 0.6) is 0 Å². The van der Waals surface area contributed by atoms with Gasteiger partial charge >= 0.3 is 0 Å². The van der Waals surface area contributed by atoms with Crippen LogP contribution in [0.4, 0.5) is 4.39 Å². The fourth-order valence-corrected chi connectivity index (χ4v) is 1.29. The van der Waals surface area contributed by atoms with E-state index in [4.69, 9.17) is 0 Å². The van der Waals surface area contributed by atoms with E-state index in [1.54, 1.807) is 12.1 Å². The van der Waals surface area contributed by atoms with Crippen LogP contribution in [0.15, 0.2) is 18.2 Å². The Morgan fingerprint density at radius 1 is 1.33 bits per heavy atom. The fourth-order valence-electron chi connectivity index (χ4n) is 1.29.